The first-order valence-corrected chi connectivity index (χ1v) is 5.47. The summed E-state index contributed by atoms with van der Waals surface area (Å²) in [5.74, 6) is -0.988. The zero-order valence-corrected chi connectivity index (χ0v) is 9.79. The fourth-order valence-corrected chi connectivity index (χ4v) is 1.33. The summed E-state index contributed by atoms with van der Waals surface area (Å²) in [5, 5.41) is 0. The fraction of sp³-hybridized carbons (Fsp3) is 0.667. The summed E-state index contributed by atoms with van der Waals surface area (Å²) >= 11 is 0. The number of hydrogen-bond donors (Lipinski definition) is 0. The lowest BCUT2D eigenvalue weighted by Crippen LogP contribution is -2.25. The van der Waals surface area contributed by atoms with Crippen molar-refractivity contribution >= 4 is 11.8 Å². The van der Waals surface area contributed by atoms with Gasteiger partial charge in [0.25, 0.3) is 0 Å². The third kappa shape index (κ3) is 5.35. The number of esters is 1. The van der Waals surface area contributed by atoms with Gasteiger partial charge in [0.2, 0.25) is 0 Å². The first-order chi connectivity index (χ1) is 7.17. The van der Waals surface area contributed by atoms with E-state index in [0.29, 0.717) is 19.4 Å². The van der Waals surface area contributed by atoms with Crippen LogP contribution in [-0.4, -0.2) is 18.4 Å². The topological polar surface area (TPSA) is 43.4 Å². The Morgan fingerprint density at radius 2 is 2.00 bits per heavy atom. The van der Waals surface area contributed by atoms with E-state index in [1.165, 1.54) is 0 Å². The van der Waals surface area contributed by atoms with Crippen molar-refractivity contribution in [2.24, 2.45) is 5.92 Å². The molecule has 0 saturated heterocycles. The molecule has 3 heteroatoms. The van der Waals surface area contributed by atoms with Crippen molar-refractivity contribution in [3.05, 3.63) is 12.2 Å². The molecule has 0 bridgehead atoms. The Labute approximate surface area is 91.5 Å². The molecule has 0 aliphatic carbocycles. The molecule has 0 aliphatic rings. The van der Waals surface area contributed by atoms with Gasteiger partial charge in [0.15, 0.2) is 0 Å². The Hall–Kier alpha value is -1.12. The van der Waals surface area contributed by atoms with E-state index in [-0.39, 0.29) is 11.8 Å². The third-order valence-electron chi connectivity index (χ3n) is 2.17. The molecule has 1 atom stereocenters. The molecule has 0 N–H and O–H groups in total. The predicted molar refractivity (Wildman–Crippen MR) is 59.5 cm³/mol. The van der Waals surface area contributed by atoms with E-state index in [9.17, 15) is 9.59 Å². The normalized spacial score (nSPS) is 12.7. The van der Waals surface area contributed by atoms with Crippen LogP contribution in [0.1, 0.15) is 40.0 Å². The summed E-state index contributed by atoms with van der Waals surface area (Å²) in [5.41, 5.74) is 0. The summed E-state index contributed by atoms with van der Waals surface area (Å²) in [7, 11) is 0. The SMILES string of the molecule is C/C=C/CCC(C(=O)CC)C(=O)OCC. The highest BCUT2D eigenvalue weighted by atomic mass is 16.5. The molecule has 0 saturated carbocycles. The maximum absolute atomic E-state index is 11.5. The standard InChI is InChI=1S/C12H20O3/c1-4-7-8-9-10(11(13)5-2)12(14)15-6-3/h4,7,10H,5-6,8-9H2,1-3H3/b7-4+. The average molecular weight is 212 g/mol. The van der Waals surface area contributed by atoms with Gasteiger partial charge >= 0.3 is 5.97 Å². The number of allylic oxidation sites excluding steroid dienone is 2. The molecule has 3 nitrogen and oxygen atoms in total. The van der Waals surface area contributed by atoms with Crippen LogP contribution < -0.4 is 0 Å². The molecule has 0 rings (SSSR count). The zero-order chi connectivity index (χ0) is 11.7. The van der Waals surface area contributed by atoms with Gasteiger partial charge in [-0.3, -0.25) is 9.59 Å². The molecule has 0 aromatic carbocycles. The van der Waals surface area contributed by atoms with E-state index >= 15 is 0 Å². The molecule has 0 spiro atoms. The number of carbonyl (C=O) groups excluding carboxylic acids is 2. The van der Waals surface area contributed by atoms with E-state index in [1.807, 2.05) is 19.1 Å². The highest BCUT2D eigenvalue weighted by Crippen LogP contribution is 2.13. The van der Waals surface area contributed by atoms with E-state index in [2.05, 4.69) is 0 Å². The second-order valence-corrected chi connectivity index (χ2v) is 3.27. The predicted octanol–water partition coefficient (Wildman–Crippen LogP) is 2.50. The highest BCUT2D eigenvalue weighted by molar-refractivity contribution is 5.98. The van der Waals surface area contributed by atoms with Crippen LogP contribution in [0.25, 0.3) is 0 Å². The van der Waals surface area contributed by atoms with Gasteiger partial charge in [-0.2, -0.15) is 0 Å². The summed E-state index contributed by atoms with van der Waals surface area (Å²) in [4.78, 5) is 23.0. The van der Waals surface area contributed by atoms with Gasteiger partial charge in [-0.1, -0.05) is 19.1 Å². The Morgan fingerprint density at radius 3 is 2.47 bits per heavy atom. The summed E-state index contributed by atoms with van der Waals surface area (Å²) in [6.07, 6.45) is 5.55. The Balaban J connectivity index is 4.30. The molecule has 1 unspecified atom stereocenters. The first kappa shape index (κ1) is 13.9. The quantitative estimate of drug-likeness (QED) is 0.370. The van der Waals surface area contributed by atoms with Gasteiger partial charge in [-0.05, 0) is 26.7 Å². The summed E-state index contributed by atoms with van der Waals surface area (Å²) in [6, 6.07) is 0. The number of hydrogen-bond acceptors (Lipinski definition) is 3. The van der Waals surface area contributed by atoms with Crippen molar-refractivity contribution in [2.75, 3.05) is 6.61 Å². The van der Waals surface area contributed by atoms with Crippen LogP contribution in [0, 0.1) is 5.92 Å². The number of ketones is 1. The molecular formula is C12H20O3. The molecule has 0 fully saturated rings. The molecule has 0 heterocycles. The van der Waals surface area contributed by atoms with E-state index in [1.54, 1.807) is 13.8 Å². The first-order valence-electron chi connectivity index (χ1n) is 5.47. The van der Waals surface area contributed by atoms with Crippen molar-refractivity contribution < 1.29 is 14.3 Å². The van der Waals surface area contributed by atoms with Gasteiger partial charge in [-0.25, -0.2) is 0 Å². The van der Waals surface area contributed by atoms with Gasteiger partial charge in [0.05, 0.1) is 6.61 Å². The third-order valence-corrected chi connectivity index (χ3v) is 2.17. The van der Waals surface area contributed by atoms with Crippen LogP contribution >= 0.6 is 0 Å². The van der Waals surface area contributed by atoms with Crippen LogP contribution in [0.5, 0.6) is 0 Å². The second-order valence-electron chi connectivity index (χ2n) is 3.27. The van der Waals surface area contributed by atoms with Crippen LogP contribution in [-0.2, 0) is 14.3 Å². The van der Waals surface area contributed by atoms with Gasteiger partial charge < -0.3 is 4.74 Å². The Bertz CT molecular complexity index is 231. The molecule has 0 amide bonds. The molecule has 0 aliphatic heterocycles. The zero-order valence-electron chi connectivity index (χ0n) is 9.79. The second kappa shape index (κ2) is 8.21. The maximum atomic E-state index is 11.5. The van der Waals surface area contributed by atoms with E-state index in [4.69, 9.17) is 4.74 Å². The van der Waals surface area contributed by atoms with Crippen molar-refractivity contribution in [1.29, 1.82) is 0 Å². The van der Waals surface area contributed by atoms with Crippen molar-refractivity contribution in [3.8, 4) is 0 Å². The lowest BCUT2D eigenvalue weighted by Gasteiger charge is -2.12. The van der Waals surface area contributed by atoms with Gasteiger partial charge in [-0.15, -0.1) is 0 Å². The van der Waals surface area contributed by atoms with Crippen LogP contribution in [0.2, 0.25) is 0 Å². The lowest BCUT2D eigenvalue weighted by molar-refractivity contribution is -0.151. The van der Waals surface area contributed by atoms with Crippen LogP contribution in [0.4, 0.5) is 0 Å². The largest absolute Gasteiger partial charge is 0.465 e. The van der Waals surface area contributed by atoms with Crippen molar-refractivity contribution in [2.45, 2.75) is 40.0 Å². The minimum atomic E-state index is -0.578. The maximum Gasteiger partial charge on any atom is 0.316 e. The summed E-state index contributed by atoms with van der Waals surface area (Å²) in [6.45, 7) is 5.76. The van der Waals surface area contributed by atoms with Gasteiger partial charge in [0.1, 0.15) is 11.7 Å². The number of rotatable bonds is 7. The molecule has 0 aromatic heterocycles. The monoisotopic (exact) mass is 212 g/mol. The molecular weight excluding hydrogens is 192 g/mol. The molecule has 0 radical (unpaired) electrons. The highest BCUT2D eigenvalue weighted by Gasteiger charge is 2.25. The minimum Gasteiger partial charge on any atom is -0.465 e. The van der Waals surface area contributed by atoms with Crippen LogP contribution in [0.3, 0.4) is 0 Å². The van der Waals surface area contributed by atoms with E-state index < -0.39 is 5.92 Å². The molecule has 0 aromatic rings. The smallest absolute Gasteiger partial charge is 0.316 e. The number of ether oxygens (including phenoxy) is 1. The van der Waals surface area contributed by atoms with Gasteiger partial charge in [0, 0.05) is 6.42 Å². The Morgan fingerprint density at radius 1 is 1.33 bits per heavy atom. The van der Waals surface area contributed by atoms with E-state index in [0.717, 1.165) is 6.42 Å². The summed E-state index contributed by atoms with van der Waals surface area (Å²) < 4.78 is 4.87. The minimum absolute atomic E-state index is 0.0297. The number of carbonyl (C=O) groups is 2. The fourth-order valence-electron chi connectivity index (χ4n) is 1.33. The van der Waals surface area contributed by atoms with Crippen molar-refractivity contribution in [3.63, 3.8) is 0 Å². The average Bonchev–Trinajstić information content (AvgIpc) is 2.23. The van der Waals surface area contributed by atoms with Crippen molar-refractivity contribution in [1.82, 2.24) is 0 Å². The van der Waals surface area contributed by atoms with Crippen LogP contribution in [0.15, 0.2) is 12.2 Å². The lowest BCUT2D eigenvalue weighted by atomic mass is 9.96. The number of Topliss-reactive ketones (excluding diaryl/α,β-unsaturated/α-hetero) is 1. The molecule has 15 heavy (non-hydrogen) atoms. The Kier molecular flexibility index (Phi) is 7.60. The molecule has 86 valence electrons.